The van der Waals surface area contributed by atoms with Crippen molar-refractivity contribution in [3.8, 4) is 0 Å². The van der Waals surface area contributed by atoms with E-state index in [-0.39, 0.29) is 10.8 Å². The average Bonchev–Trinajstić information content (AvgIpc) is 2.65. The lowest BCUT2D eigenvalue weighted by Crippen LogP contribution is -2.33. The van der Waals surface area contributed by atoms with Crippen molar-refractivity contribution in [3.05, 3.63) is 17.5 Å². The minimum atomic E-state index is -3.65. The van der Waals surface area contributed by atoms with Crippen LogP contribution in [0.2, 0.25) is 0 Å². The predicted octanol–water partition coefficient (Wildman–Crippen LogP) is -0.343. The highest BCUT2D eigenvalue weighted by Crippen LogP contribution is 2.19. The molecule has 1 aromatic rings. The molecule has 0 amide bonds. The normalized spacial score (nSPS) is 13.2. The fourth-order valence-electron chi connectivity index (χ4n) is 0.940. The maximum Gasteiger partial charge on any atom is 0.252 e. The second-order valence-corrected chi connectivity index (χ2v) is 8.08. The molecular formula is C7H12N2O4S3. The zero-order valence-electron chi connectivity index (χ0n) is 8.53. The standard InChI is InChI=1S/C7H12N2O4S3/c1-9(4-6-15(8,10)11)16(12,13)7-3-2-5-14-7/h2-3,5H,4,6H2,1H3,(H2,8,10,11). The second kappa shape index (κ2) is 4.80. The third-order valence-corrected chi connectivity index (χ3v) is 5.83. The van der Waals surface area contributed by atoms with Crippen LogP contribution in [0, 0.1) is 0 Å². The van der Waals surface area contributed by atoms with Gasteiger partial charge in [0.05, 0.1) is 5.75 Å². The Morgan fingerprint density at radius 3 is 2.44 bits per heavy atom. The van der Waals surface area contributed by atoms with E-state index in [1.807, 2.05) is 0 Å². The van der Waals surface area contributed by atoms with Gasteiger partial charge in [0.15, 0.2) is 0 Å². The van der Waals surface area contributed by atoms with Crippen LogP contribution in [0.1, 0.15) is 0 Å². The summed E-state index contributed by atoms with van der Waals surface area (Å²) in [5.41, 5.74) is 0. The molecule has 0 spiro atoms. The SMILES string of the molecule is CN(CCS(N)(=O)=O)S(=O)(=O)c1cccs1. The van der Waals surface area contributed by atoms with Crippen LogP contribution >= 0.6 is 11.3 Å². The first-order valence-corrected chi connectivity index (χ1v) is 8.27. The summed E-state index contributed by atoms with van der Waals surface area (Å²) in [6.45, 7) is -0.154. The molecule has 0 saturated carbocycles. The van der Waals surface area contributed by atoms with E-state index >= 15 is 0 Å². The number of thiophene rings is 1. The summed E-state index contributed by atoms with van der Waals surface area (Å²) in [4.78, 5) is 0. The number of rotatable bonds is 5. The van der Waals surface area contributed by atoms with Gasteiger partial charge in [0.25, 0.3) is 10.0 Å². The lowest BCUT2D eigenvalue weighted by Gasteiger charge is -2.14. The van der Waals surface area contributed by atoms with Gasteiger partial charge in [-0.3, -0.25) is 0 Å². The highest BCUT2D eigenvalue weighted by Gasteiger charge is 2.22. The molecule has 0 fully saturated rings. The zero-order valence-corrected chi connectivity index (χ0v) is 11.0. The Balaban J connectivity index is 2.79. The number of hydrogen-bond donors (Lipinski definition) is 1. The highest BCUT2D eigenvalue weighted by molar-refractivity contribution is 7.91. The molecule has 1 aromatic heterocycles. The Morgan fingerprint density at radius 1 is 1.38 bits per heavy atom. The summed E-state index contributed by atoms with van der Waals surface area (Å²) in [5, 5.41) is 6.44. The molecule has 1 heterocycles. The predicted molar refractivity (Wildman–Crippen MR) is 62.1 cm³/mol. The number of nitrogens with two attached hydrogens (primary N) is 1. The Kier molecular flexibility index (Phi) is 4.07. The molecule has 0 atom stereocenters. The molecule has 0 aliphatic rings. The summed E-state index contributed by atoms with van der Waals surface area (Å²) >= 11 is 1.08. The van der Waals surface area contributed by atoms with Crippen molar-refractivity contribution in [2.45, 2.75) is 4.21 Å². The second-order valence-electron chi connectivity index (χ2n) is 3.13. The van der Waals surface area contributed by atoms with E-state index in [9.17, 15) is 16.8 Å². The molecule has 0 aliphatic carbocycles. The smallest absolute Gasteiger partial charge is 0.229 e. The fourth-order valence-corrected chi connectivity index (χ4v) is 3.96. The summed E-state index contributed by atoms with van der Waals surface area (Å²) in [5.74, 6) is -0.395. The van der Waals surface area contributed by atoms with E-state index in [0.29, 0.717) is 0 Å². The summed E-state index contributed by atoms with van der Waals surface area (Å²) in [6.07, 6.45) is 0. The third-order valence-electron chi connectivity index (χ3n) is 1.85. The van der Waals surface area contributed by atoms with Crippen molar-refractivity contribution >= 4 is 31.4 Å². The molecule has 2 N–H and O–H groups in total. The van der Waals surface area contributed by atoms with E-state index in [2.05, 4.69) is 0 Å². The van der Waals surface area contributed by atoms with E-state index in [1.165, 1.54) is 13.1 Å². The van der Waals surface area contributed by atoms with Crippen LogP contribution in [-0.2, 0) is 20.0 Å². The molecule has 16 heavy (non-hydrogen) atoms. The van der Waals surface area contributed by atoms with Gasteiger partial charge in [-0.15, -0.1) is 11.3 Å². The average molecular weight is 284 g/mol. The fraction of sp³-hybridized carbons (Fsp3) is 0.429. The minimum Gasteiger partial charge on any atom is -0.229 e. The molecule has 0 aromatic carbocycles. The number of hydrogen-bond acceptors (Lipinski definition) is 5. The van der Waals surface area contributed by atoms with Crippen LogP contribution in [0.25, 0.3) is 0 Å². The van der Waals surface area contributed by atoms with Crippen molar-refractivity contribution in [3.63, 3.8) is 0 Å². The summed E-state index contributed by atoms with van der Waals surface area (Å²) in [7, 11) is -5.92. The van der Waals surface area contributed by atoms with Crippen LogP contribution in [0.3, 0.4) is 0 Å². The molecule has 0 bridgehead atoms. The van der Waals surface area contributed by atoms with E-state index in [1.54, 1.807) is 11.4 Å². The monoisotopic (exact) mass is 284 g/mol. The van der Waals surface area contributed by atoms with Gasteiger partial charge in [-0.2, -0.15) is 4.31 Å². The number of sulfonamides is 2. The van der Waals surface area contributed by atoms with Gasteiger partial charge in [0, 0.05) is 13.6 Å². The lowest BCUT2D eigenvalue weighted by atomic mass is 10.7. The largest absolute Gasteiger partial charge is 0.252 e. The van der Waals surface area contributed by atoms with Crippen molar-refractivity contribution in [2.24, 2.45) is 5.14 Å². The van der Waals surface area contributed by atoms with Crippen molar-refractivity contribution in [1.82, 2.24) is 4.31 Å². The Morgan fingerprint density at radius 2 is 2.00 bits per heavy atom. The first-order valence-electron chi connectivity index (χ1n) is 4.24. The summed E-state index contributed by atoms with van der Waals surface area (Å²) in [6, 6.07) is 3.08. The highest BCUT2D eigenvalue weighted by atomic mass is 32.2. The maximum absolute atomic E-state index is 11.8. The first kappa shape index (κ1) is 13.6. The van der Waals surface area contributed by atoms with E-state index in [4.69, 9.17) is 5.14 Å². The topological polar surface area (TPSA) is 97.5 Å². The van der Waals surface area contributed by atoms with Gasteiger partial charge >= 0.3 is 0 Å². The van der Waals surface area contributed by atoms with Crippen LogP contribution < -0.4 is 5.14 Å². The Labute approximate surface area is 98.8 Å². The molecule has 9 heteroatoms. The van der Waals surface area contributed by atoms with Gasteiger partial charge < -0.3 is 0 Å². The summed E-state index contributed by atoms with van der Waals surface area (Å²) < 4.78 is 46.2. The molecule has 6 nitrogen and oxygen atoms in total. The van der Waals surface area contributed by atoms with Crippen LogP contribution in [-0.4, -0.2) is 40.5 Å². The van der Waals surface area contributed by atoms with Crippen molar-refractivity contribution < 1.29 is 16.8 Å². The van der Waals surface area contributed by atoms with Crippen molar-refractivity contribution in [2.75, 3.05) is 19.3 Å². The van der Waals surface area contributed by atoms with Gasteiger partial charge in [-0.1, -0.05) is 6.07 Å². The van der Waals surface area contributed by atoms with Gasteiger partial charge in [0.1, 0.15) is 4.21 Å². The number of primary sulfonamides is 1. The molecule has 0 aliphatic heterocycles. The van der Waals surface area contributed by atoms with E-state index in [0.717, 1.165) is 15.6 Å². The zero-order chi connectivity index (χ0) is 12.4. The molecule has 0 radical (unpaired) electrons. The maximum atomic E-state index is 11.8. The lowest BCUT2D eigenvalue weighted by molar-refractivity contribution is 0.486. The van der Waals surface area contributed by atoms with Crippen LogP contribution in [0.4, 0.5) is 0 Å². The van der Waals surface area contributed by atoms with Gasteiger partial charge in [-0.05, 0) is 11.4 Å². The molecular weight excluding hydrogens is 272 g/mol. The quantitative estimate of drug-likeness (QED) is 0.799. The number of nitrogens with zero attached hydrogens (tertiary/aromatic N) is 1. The molecule has 0 unspecified atom stereocenters. The van der Waals surface area contributed by atoms with E-state index < -0.39 is 25.8 Å². The Hall–Kier alpha value is -0.480. The van der Waals surface area contributed by atoms with Gasteiger partial charge in [0.2, 0.25) is 10.0 Å². The molecule has 1 rings (SSSR count). The Bertz CT molecular complexity index is 532. The minimum absolute atomic E-state index is 0.154. The first-order chi connectivity index (χ1) is 7.23. The third kappa shape index (κ3) is 3.52. The van der Waals surface area contributed by atoms with Crippen LogP contribution in [0.15, 0.2) is 21.7 Å². The molecule has 0 saturated heterocycles. The van der Waals surface area contributed by atoms with Crippen molar-refractivity contribution in [1.29, 1.82) is 0 Å². The van der Waals surface area contributed by atoms with Gasteiger partial charge in [-0.25, -0.2) is 22.0 Å². The van der Waals surface area contributed by atoms with Crippen LogP contribution in [0.5, 0.6) is 0 Å². The molecule has 92 valence electrons.